The quantitative estimate of drug-likeness (QED) is 0.874. The lowest BCUT2D eigenvalue weighted by atomic mass is 10.2. The number of thiophene rings is 1. The Labute approximate surface area is 127 Å². The van der Waals surface area contributed by atoms with Crippen LogP contribution in [0.25, 0.3) is 0 Å². The number of nitrogens with zero attached hydrogens (tertiary/aromatic N) is 1. The summed E-state index contributed by atoms with van der Waals surface area (Å²) in [7, 11) is -0.649. The van der Waals surface area contributed by atoms with Crippen molar-refractivity contribution in [2.45, 2.75) is 10.8 Å². The number of ether oxygens (including phenoxy) is 1. The largest absolute Gasteiger partial charge is 0.504 e. The molecule has 0 radical (unpaired) electrons. The number of anilines is 1. The van der Waals surface area contributed by atoms with Gasteiger partial charge in [-0.1, -0.05) is 6.07 Å². The molecule has 0 bridgehead atoms. The number of nitrogens with two attached hydrogens (primary N) is 1. The second kappa shape index (κ2) is 5.92. The molecule has 0 unspecified atom stereocenters. The van der Waals surface area contributed by atoms with Crippen molar-refractivity contribution < 1.29 is 18.3 Å². The van der Waals surface area contributed by atoms with Crippen molar-refractivity contribution in [1.29, 1.82) is 0 Å². The number of benzene rings is 1. The van der Waals surface area contributed by atoms with E-state index in [4.69, 9.17) is 10.5 Å². The van der Waals surface area contributed by atoms with Gasteiger partial charge in [0.1, 0.15) is 4.21 Å². The summed E-state index contributed by atoms with van der Waals surface area (Å²) in [5.41, 5.74) is 6.70. The first kappa shape index (κ1) is 15.6. The number of hydrogen-bond acceptors (Lipinski definition) is 6. The Morgan fingerprint density at radius 2 is 2.10 bits per heavy atom. The van der Waals surface area contributed by atoms with Gasteiger partial charge in [0.25, 0.3) is 10.0 Å². The molecule has 1 aromatic carbocycles. The van der Waals surface area contributed by atoms with Crippen LogP contribution in [0.5, 0.6) is 11.5 Å². The van der Waals surface area contributed by atoms with Crippen molar-refractivity contribution in [3.63, 3.8) is 0 Å². The van der Waals surface area contributed by atoms with Gasteiger partial charge in [-0.2, -0.15) is 4.31 Å². The zero-order chi connectivity index (χ0) is 15.6. The van der Waals surface area contributed by atoms with E-state index in [0.29, 0.717) is 17.0 Å². The van der Waals surface area contributed by atoms with Crippen LogP contribution in [0.2, 0.25) is 0 Å². The van der Waals surface area contributed by atoms with Crippen molar-refractivity contribution in [2.75, 3.05) is 19.9 Å². The molecule has 1 aromatic heterocycles. The first-order valence-corrected chi connectivity index (χ1v) is 8.33. The summed E-state index contributed by atoms with van der Waals surface area (Å²) in [4.78, 5) is 0. The summed E-state index contributed by atoms with van der Waals surface area (Å²) in [6.07, 6.45) is 0. The summed E-state index contributed by atoms with van der Waals surface area (Å²) in [5.74, 6) is 0.316. The zero-order valence-electron chi connectivity index (χ0n) is 11.6. The highest BCUT2D eigenvalue weighted by Gasteiger charge is 2.23. The Bertz CT molecular complexity index is 740. The van der Waals surface area contributed by atoms with Crippen molar-refractivity contribution in [3.05, 3.63) is 35.2 Å². The molecule has 21 heavy (non-hydrogen) atoms. The van der Waals surface area contributed by atoms with Crippen LogP contribution in [-0.4, -0.2) is 32.0 Å². The Morgan fingerprint density at radius 3 is 2.67 bits per heavy atom. The van der Waals surface area contributed by atoms with E-state index in [0.717, 1.165) is 11.3 Å². The average Bonchev–Trinajstić information content (AvgIpc) is 2.88. The Balaban J connectivity index is 2.23. The average molecular weight is 328 g/mol. The molecule has 6 nitrogen and oxygen atoms in total. The van der Waals surface area contributed by atoms with Gasteiger partial charge in [-0.25, -0.2) is 8.42 Å². The maximum Gasteiger partial charge on any atom is 0.252 e. The van der Waals surface area contributed by atoms with Gasteiger partial charge in [0.15, 0.2) is 11.5 Å². The van der Waals surface area contributed by atoms with Crippen LogP contribution >= 0.6 is 11.3 Å². The van der Waals surface area contributed by atoms with E-state index in [1.807, 2.05) is 0 Å². The van der Waals surface area contributed by atoms with E-state index in [1.54, 1.807) is 17.5 Å². The summed E-state index contributed by atoms with van der Waals surface area (Å²) < 4.78 is 31.2. The summed E-state index contributed by atoms with van der Waals surface area (Å²) in [6, 6.07) is 6.16. The minimum atomic E-state index is -3.58. The second-order valence-corrected chi connectivity index (χ2v) is 7.65. The van der Waals surface area contributed by atoms with Crippen molar-refractivity contribution in [2.24, 2.45) is 0 Å². The van der Waals surface area contributed by atoms with Gasteiger partial charge in [0.05, 0.1) is 7.11 Å². The van der Waals surface area contributed by atoms with E-state index in [9.17, 15) is 13.5 Å². The van der Waals surface area contributed by atoms with Gasteiger partial charge in [-0.15, -0.1) is 11.3 Å². The van der Waals surface area contributed by atoms with E-state index in [-0.39, 0.29) is 16.5 Å². The molecule has 0 saturated heterocycles. The number of methoxy groups -OCH3 is 1. The van der Waals surface area contributed by atoms with E-state index < -0.39 is 10.0 Å². The molecule has 0 fully saturated rings. The lowest BCUT2D eigenvalue weighted by Crippen LogP contribution is -2.25. The first-order chi connectivity index (χ1) is 9.84. The zero-order valence-corrected chi connectivity index (χ0v) is 13.2. The summed E-state index contributed by atoms with van der Waals surface area (Å²) in [6.45, 7) is 0.163. The molecule has 1 heterocycles. The summed E-state index contributed by atoms with van der Waals surface area (Å²) in [5, 5.41) is 11.1. The van der Waals surface area contributed by atoms with Crippen molar-refractivity contribution >= 4 is 27.0 Å². The lowest BCUT2D eigenvalue weighted by molar-refractivity contribution is 0.372. The van der Waals surface area contributed by atoms with Gasteiger partial charge >= 0.3 is 0 Å². The topological polar surface area (TPSA) is 92.9 Å². The number of phenolic OH excluding ortho intramolecular Hbond substituents is 1. The predicted octanol–water partition coefficient (Wildman–Crippen LogP) is 1.87. The maximum absolute atomic E-state index is 12.4. The third-order valence-corrected chi connectivity index (χ3v) is 6.15. The molecular weight excluding hydrogens is 312 g/mol. The number of phenols is 1. The highest BCUT2D eigenvalue weighted by molar-refractivity contribution is 7.91. The fourth-order valence-corrected chi connectivity index (χ4v) is 4.23. The number of rotatable bonds is 5. The molecule has 0 aliphatic rings. The summed E-state index contributed by atoms with van der Waals surface area (Å²) >= 11 is 1.09. The van der Waals surface area contributed by atoms with Gasteiger partial charge in [-0.3, -0.25) is 0 Å². The number of hydrogen-bond donors (Lipinski definition) is 2. The molecule has 3 N–H and O–H groups in total. The molecule has 2 aromatic rings. The van der Waals surface area contributed by atoms with Crippen LogP contribution < -0.4 is 10.5 Å². The van der Waals surface area contributed by atoms with Crippen LogP contribution in [-0.2, 0) is 16.6 Å². The first-order valence-electron chi connectivity index (χ1n) is 6.01. The standard InChI is InChI=1S/C13H16N2O4S2/c1-15(21(17,18)13-6-10(14)8-20-13)7-9-3-4-11(16)12(5-9)19-2/h3-6,8,16H,7,14H2,1-2H3. The van der Waals surface area contributed by atoms with Crippen LogP contribution in [0.15, 0.2) is 33.9 Å². The van der Waals surface area contributed by atoms with Gasteiger partial charge in [0.2, 0.25) is 0 Å². The molecule has 0 atom stereocenters. The lowest BCUT2D eigenvalue weighted by Gasteiger charge is -2.16. The highest BCUT2D eigenvalue weighted by atomic mass is 32.2. The normalized spacial score (nSPS) is 11.8. The smallest absolute Gasteiger partial charge is 0.252 e. The molecule has 114 valence electrons. The van der Waals surface area contributed by atoms with Gasteiger partial charge < -0.3 is 15.6 Å². The van der Waals surface area contributed by atoms with Crippen molar-refractivity contribution in [1.82, 2.24) is 4.31 Å². The van der Waals surface area contributed by atoms with Crippen LogP contribution in [0, 0.1) is 0 Å². The molecule has 0 aliphatic carbocycles. The molecular formula is C13H16N2O4S2. The number of nitrogen functional groups attached to an aromatic ring is 1. The van der Waals surface area contributed by atoms with Crippen LogP contribution in [0.1, 0.15) is 5.56 Å². The monoisotopic (exact) mass is 328 g/mol. The van der Waals surface area contributed by atoms with Gasteiger partial charge in [0, 0.05) is 24.7 Å². The van der Waals surface area contributed by atoms with E-state index >= 15 is 0 Å². The molecule has 0 spiro atoms. The second-order valence-electron chi connectivity index (χ2n) is 4.47. The Kier molecular flexibility index (Phi) is 4.40. The molecule has 8 heteroatoms. The SMILES string of the molecule is COc1cc(CN(C)S(=O)(=O)c2cc(N)cs2)ccc1O. The van der Waals surface area contributed by atoms with Crippen LogP contribution in [0.3, 0.4) is 0 Å². The molecule has 2 rings (SSSR count). The number of aromatic hydroxyl groups is 1. The third-order valence-electron chi connectivity index (χ3n) is 2.91. The highest BCUT2D eigenvalue weighted by Crippen LogP contribution is 2.29. The fourth-order valence-electron chi connectivity index (χ4n) is 1.78. The Morgan fingerprint density at radius 1 is 1.38 bits per heavy atom. The van der Waals surface area contributed by atoms with E-state index in [2.05, 4.69) is 0 Å². The molecule has 0 amide bonds. The minimum absolute atomic E-state index is 0.0118. The predicted molar refractivity (Wildman–Crippen MR) is 82.0 cm³/mol. The minimum Gasteiger partial charge on any atom is -0.504 e. The number of sulfonamides is 1. The Hall–Kier alpha value is -1.77. The van der Waals surface area contributed by atoms with Crippen LogP contribution in [0.4, 0.5) is 5.69 Å². The fraction of sp³-hybridized carbons (Fsp3) is 0.231. The van der Waals surface area contributed by atoms with E-state index in [1.165, 1.54) is 30.6 Å². The van der Waals surface area contributed by atoms with Gasteiger partial charge in [-0.05, 0) is 23.8 Å². The molecule has 0 aliphatic heterocycles. The molecule has 0 saturated carbocycles. The maximum atomic E-state index is 12.4. The van der Waals surface area contributed by atoms with Crippen molar-refractivity contribution in [3.8, 4) is 11.5 Å². The third kappa shape index (κ3) is 3.29.